The minimum atomic E-state index is -1.29. The summed E-state index contributed by atoms with van der Waals surface area (Å²) in [4.78, 5) is 19.3. The van der Waals surface area contributed by atoms with Crippen LogP contribution in [0.25, 0.3) is 0 Å². The molecule has 0 saturated carbocycles. The molecule has 1 aromatic carbocycles. The molecule has 1 N–H and O–H groups in total. The summed E-state index contributed by atoms with van der Waals surface area (Å²) in [5.41, 5.74) is -1.98. The number of nitrogens with zero attached hydrogens (tertiary/aromatic N) is 2. The van der Waals surface area contributed by atoms with Crippen molar-refractivity contribution in [2.24, 2.45) is 0 Å². The summed E-state index contributed by atoms with van der Waals surface area (Å²) in [6.07, 6.45) is 1.20. The Morgan fingerprint density at radius 2 is 1.83 bits per heavy atom. The highest BCUT2D eigenvalue weighted by Gasteiger charge is 2.29. The maximum absolute atomic E-state index is 13.7. The molecule has 0 aliphatic heterocycles. The Labute approximate surface area is 101 Å². The van der Waals surface area contributed by atoms with Gasteiger partial charge in [-0.2, -0.15) is 0 Å². The van der Waals surface area contributed by atoms with Crippen molar-refractivity contribution in [3.63, 3.8) is 0 Å². The molecule has 18 heavy (non-hydrogen) atoms. The molecule has 0 aromatic heterocycles. The van der Waals surface area contributed by atoms with Crippen molar-refractivity contribution in [2.75, 3.05) is 0 Å². The fourth-order valence-electron chi connectivity index (χ4n) is 1.55. The van der Waals surface area contributed by atoms with Gasteiger partial charge in [-0.05, 0) is 12.8 Å². The molecule has 0 spiro atoms. The Morgan fingerprint density at radius 3 is 2.28 bits per heavy atom. The number of rotatable bonds is 5. The van der Waals surface area contributed by atoms with E-state index >= 15 is 0 Å². The van der Waals surface area contributed by atoms with Gasteiger partial charge in [-0.3, -0.25) is 20.2 Å². The van der Waals surface area contributed by atoms with Gasteiger partial charge >= 0.3 is 5.69 Å². The van der Waals surface area contributed by atoms with Crippen LogP contribution in [0.4, 0.5) is 15.8 Å². The minimum Gasteiger partial charge on any atom is -0.500 e. The fourth-order valence-corrected chi connectivity index (χ4v) is 1.55. The molecule has 0 aliphatic rings. The van der Waals surface area contributed by atoms with E-state index in [0.717, 1.165) is 0 Å². The molecule has 8 heteroatoms. The number of hydrogen-bond donors (Lipinski definition) is 1. The largest absolute Gasteiger partial charge is 0.500 e. The topological polar surface area (TPSA) is 107 Å². The lowest BCUT2D eigenvalue weighted by Gasteiger charge is -2.06. The summed E-state index contributed by atoms with van der Waals surface area (Å²) in [5.74, 6) is -2.44. The van der Waals surface area contributed by atoms with E-state index in [1.165, 1.54) is 0 Å². The smallest absolute Gasteiger partial charge is 0.320 e. The fraction of sp³-hybridized carbons (Fsp3) is 0.400. The van der Waals surface area contributed by atoms with Crippen molar-refractivity contribution in [3.05, 3.63) is 37.7 Å². The average molecular weight is 258 g/mol. The van der Waals surface area contributed by atoms with Crippen molar-refractivity contribution in [2.45, 2.75) is 26.2 Å². The Morgan fingerprint density at radius 1 is 1.28 bits per heavy atom. The van der Waals surface area contributed by atoms with Crippen molar-refractivity contribution in [1.29, 1.82) is 0 Å². The Kier molecular flexibility index (Phi) is 4.13. The summed E-state index contributed by atoms with van der Waals surface area (Å²) >= 11 is 0. The second-order valence-corrected chi connectivity index (χ2v) is 3.67. The lowest BCUT2D eigenvalue weighted by Crippen LogP contribution is -2.02. The predicted octanol–water partition coefficient (Wildman–Crippen LogP) is 2.69. The summed E-state index contributed by atoms with van der Waals surface area (Å²) in [7, 11) is 0. The molecule has 0 fully saturated rings. The van der Waals surface area contributed by atoms with Gasteiger partial charge in [0.25, 0.3) is 5.69 Å². The van der Waals surface area contributed by atoms with E-state index in [1.807, 2.05) is 6.92 Å². The third-order valence-corrected chi connectivity index (χ3v) is 2.47. The zero-order valence-corrected chi connectivity index (χ0v) is 9.55. The van der Waals surface area contributed by atoms with Crippen LogP contribution in [-0.2, 0) is 6.42 Å². The van der Waals surface area contributed by atoms with Crippen LogP contribution in [0.1, 0.15) is 25.3 Å². The van der Waals surface area contributed by atoms with Crippen molar-refractivity contribution in [1.82, 2.24) is 0 Å². The van der Waals surface area contributed by atoms with Crippen LogP contribution in [0.15, 0.2) is 6.07 Å². The highest BCUT2D eigenvalue weighted by atomic mass is 19.1. The maximum atomic E-state index is 13.7. The summed E-state index contributed by atoms with van der Waals surface area (Å²) < 4.78 is 13.7. The number of hydrogen-bond acceptors (Lipinski definition) is 5. The van der Waals surface area contributed by atoms with Crippen LogP contribution in [0.3, 0.4) is 0 Å². The van der Waals surface area contributed by atoms with E-state index < -0.39 is 32.8 Å². The Bertz CT molecular complexity index is 504. The standard InChI is InChI=1S/C10H11FN2O5/c1-2-3-4-6-7(12(15)16)5-8(13(17)18)10(14)9(6)11/h5,14H,2-4H2,1H3. The number of phenolic OH excluding ortho intramolecular Hbond substituents is 1. The van der Waals surface area contributed by atoms with E-state index in [-0.39, 0.29) is 12.0 Å². The first-order valence-electron chi connectivity index (χ1n) is 5.23. The summed E-state index contributed by atoms with van der Waals surface area (Å²) in [6, 6.07) is 0.587. The molecule has 7 nitrogen and oxygen atoms in total. The normalized spacial score (nSPS) is 10.3. The van der Waals surface area contributed by atoms with Gasteiger partial charge in [0.05, 0.1) is 21.5 Å². The van der Waals surface area contributed by atoms with E-state index in [1.54, 1.807) is 0 Å². The Hall–Kier alpha value is -2.25. The molecule has 0 atom stereocenters. The highest BCUT2D eigenvalue weighted by molar-refractivity contribution is 5.58. The lowest BCUT2D eigenvalue weighted by molar-refractivity contribution is -0.395. The second-order valence-electron chi connectivity index (χ2n) is 3.67. The molecular weight excluding hydrogens is 247 g/mol. The first-order chi connectivity index (χ1) is 8.40. The lowest BCUT2D eigenvalue weighted by atomic mass is 10.0. The maximum Gasteiger partial charge on any atom is 0.320 e. The van der Waals surface area contributed by atoms with Gasteiger partial charge in [0, 0.05) is 0 Å². The molecule has 0 saturated heterocycles. The SMILES string of the molecule is CCCCc1c([N+](=O)[O-])cc([N+](=O)[O-])c(O)c1F. The van der Waals surface area contributed by atoms with Gasteiger partial charge in [-0.1, -0.05) is 13.3 Å². The quantitative estimate of drug-likeness (QED) is 0.645. The number of unbranched alkanes of at least 4 members (excludes halogenated alkanes) is 1. The van der Waals surface area contributed by atoms with E-state index in [2.05, 4.69) is 0 Å². The molecule has 0 heterocycles. The number of benzene rings is 1. The number of phenols is 1. The van der Waals surface area contributed by atoms with Crippen LogP contribution >= 0.6 is 0 Å². The van der Waals surface area contributed by atoms with Crippen LogP contribution in [-0.4, -0.2) is 15.0 Å². The minimum absolute atomic E-state index is 0.0458. The number of halogens is 1. The van der Waals surface area contributed by atoms with Crippen LogP contribution in [0.2, 0.25) is 0 Å². The van der Waals surface area contributed by atoms with E-state index in [4.69, 9.17) is 0 Å². The molecule has 1 aromatic rings. The van der Waals surface area contributed by atoms with Gasteiger partial charge < -0.3 is 5.11 Å². The summed E-state index contributed by atoms with van der Waals surface area (Å²) in [5, 5.41) is 30.6. The van der Waals surface area contributed by atoms with E-state index in [0.29, 0.717) is 18.9 Å². The molecule has 0 aliphatic carbocycles. The zero-order chi connectivity index (χ0) is 13.9. The average Bonchev–Trinajstić information content (AvgIpc) is 2.30. The third kappa shape index (κ3) is 2.53. The van der Waals surface area contributed by atoms with Gasteiger partial charge in [-0.25, -0.2) is 4.39 Å². The summed E-state index contributed by atoms with van der Waals surface area (Å²) in [6.45, 7) is 1.81. The number of nitro groups is 2. The molecule has 0 bridgehead atoms. The van der Waals surface area contributed by atoms with Crippen molar-refractivity contribution < 1.29 is 19.3 Å². The van der Waals surface area contributed by atoms with Crippen LogP contribution in [0.5, 0.6) is 5.75 Å². The third-order valence-electron chi connectivity index (χ3n) is 2.47. The number of nitro benzene ring substituents is 2. The molecular formula is C10H11FN2O5. The van der Waals surface area contributed by atoms with Crippen LogP contribution in [0, 0.1) is 26.0 Å². The van der Waals surface area contributed by atoms with Crippen molar-refractivity contribution in [3.8, 4) is 5.75 Å². The first kappa shape index (κ1) is 13.8. The molecule has 1 rings (SSSR count). The first-order valence-corrected chi connectivity index (χ1v) is 5.23. The molecule has 0 radical (unpaired) electrons. The van der Waals surface area contributed by atoms with Gasteiger partial charge in [0.2, 0.25) is 5.75 Å². The molecule has 0 amide bonds. The zero-order valence-electron chi connectivity index (χ0n) is 9.55. The molecule has 98 valence electrons. The van der Waals surface area contributed by atoms with Crippen molar-refractivity contribution >= 4 is 11.4 Å². The molecule has 0 unspecified atom stereocenters. The second kappa shape index (κ2) is 5.39. The monoisotopic (exact) mass is 258 g/mol. The predicted molar refractivity (Wildman–Crippen MR) is 60.0 cm³/mol. The highest BCUT2D eigenvalue weighted by Crippen LogP contribution is 2.37. The number of aromatic hydroxyl groups is 1. The van der Waals surface area contributed by atoms with Crippen LogP contribution < -0.4 is 0 Å². The van der Waals surface area contributed by atoms with Gasteiger partial charge in [0.15, 0.2) is 5.82 Å². The van der Waals surface area contributed by atoms with E-state index in [9.17, 15) is 29.7 Å². The Balaban J connectivity index is 3.45. The van der Waals surface area contributed by atoms with Gasteiger partial charge in [-0.15, -0.1) is 0 Å². The van der Waals surface area contributed by atoms with Gasteiger partial charge in [0.1, 0.15) is 0 Å².